The van der Waals surface area contributed by atoms with Crippen LogP contribution in [0.3, 0.4) is 0 Å². The highest BCUT2D eigenvalue weighted by Gasteiger charge is 2.15. The molecule has 0 bridgehead atoms. The van der Waals surface area contributed by atoms with Crippen molar-refractivity contribution >= 4 is 28.4 Å². The fourth-order valence-electron chi connectivity index (χ4n) is 3.73. The average Bonchev–Trinajstić information content (AvgIpc) is 3.20. The molecule has 0 saturated heterocycles. The van der Waals surface area contributed by atoms with E-state index in [1.54, 1.807) is 0 Å². The van der Waals surface area contributed by atoms with Gasteiger partial charge in [0.05, 0.1) is 11.8 Å². The molecular weight excluding hydrogens is 404 g/mol. The molecule has 0 fully saturated rings. The summed E-state index contributed by atoms with van der Waals surface area (Å²) < 4.78 is 2.10. The number of rotatable bonds is 8. The van der Waals surface area contributed by atoms with Crippen molar-refractivity contribution in [1.82, 2.24) is 20.1 Å². The zero-order valence-electron chi connectivity index (χ0n) is 17.8. The monoisotopic (exact) mass is 430 g/mol. The van der Waals surface area contributed by atoms with Crippen LogP contribution in [0.15, 0.2) is 78.0 Å². The van der Waals surface area contributed by atoms with Gasteiger partial charge < -0.3 is 9.88 Å². The number of benzene rings is 3. The normalized spacial score (nSPS) is 12.1. The summed E-state index contributed by atoms with van der Waals surface area (Å²) in [7, 11) is 0. The number of aromatic nitrogens is 3. The number of fused-ring (bicyclic) bond motifs is 1. The van der Waals surface area contributed by atoms with E-state index in [1.165, 1.54) is 28.1 Å². The van der Waals surface area contributed by atoms with Crippen LogP contribution in [0.25, 0.3) is 10.8 Å². The standard InChI is InChI=1S/C25H26N4OS/c1-3-29-23(16-21-14-9-13-20-12-7-8-15-22(20)21)27-28-25(29)31-17-24(30)26-18(2)19-10-5-4-6-11-19/h4-15,18H,3,16-17H2,1-2H3,(H,26,30)/t18-/m1/s1. The largest absolute Gasteiger partial charge is 0.349 e. The maximum atomic E-state index is 12.5. The minimum atomic E-state index is -0.0275. The van der Waals surface area contributed by atoms with E-state index in [0.717, 1.165) is 23.1 Å². The number of carbonyl (C=O) groups is 1. The van der Waals surface area contributed by atoms with Crippen LogP contribution in [0.4, 0.5) is 0 Å². The number of carbonyl (C=O) groups excluding carboxylic acids is 1. The first-order valence-electron chi connectivity index (χ1n) is 10.5. The lowest BCUT2D eigenvalue weighted by Crippen LogP contribution is -2.28. The van der Waals surface area contributed by atoms with Crippen LogP contribution in [-0.4, -0.2) is 26.4 Å². The van der Waals surface area contributed by atoms with Crippen molar-refractivity contribution in [3.8, 4) is 0 Å². The summed E-state index contributed by atoms with van der Waals surface area (Å²) in [5, 5.41) is 15.1. The van der Waals surface area contributed by atoms with Crippen molar-refractivity contribution in [1.29, 1.82) is 0 Å². The van der Waals surface area contributed by atoms with Crippen LogP contribution >= 0.6 is 11.8 Å². The molecule has 0 aliphatic carbocycles. The van der Waals surface area contributed by atoms with Gasteiger partial charge in [-0.15, -0.1) is 10.2 Å². The fraction of sp³-hybridized carbons (Fsp3) is 0.240. The van der Waals surface area contributed by atoms with Gasteiger partial charge in [-0.3, -0.25) is 4.79 Å². The lowest BCUT2D eigenvalue weighted by Gasteiger charge is -2.14. The van der Waals surface area contributed by atoms with Gasteiger partial charge in [0.2, 0.25) is 5.91 Å². The Bertz CT molecular complexity index is 1170. The third-order valence-electron chi connectivity index (χ3n) is 5.35. The second-order valence-electron chi connectivity index (χ2n) is 7.45. The molecular formula is C25H26N4OS. The molecule has 5 nitrogen and oxygen atoms in total. The Morgan fingerprint density at radius 3 is 2.55 bits per heavy atom. The quantitative estimate of drug-likeness (QED) is 0.399. The first kappa shape index (κ1) is 21.1. The summed E-state index contributed by atoms with van der Waals surface area (Å²) in [5.41, 5.74) is 2.32. The second kappa shape index (κ2) is 9.79. The maximum Gasteiger partial charge on any atom is 0.230 e. The zero-order valence-corrected chi connectivity index (χ0v) is 18.6. The van der Waals surface area contributed by atoms with Crippen molar-refractivity contribution in [3.63, 3.8) is 0 Å². The Morgan fingerprint density at radius 1 is 1.00 bits per heavy atom. The Hall–Kier alpha value is -3.12. The van der Waals surface area contributed by atoms with Crippen molar-refractivity contribution < 1.29 is 4.79 Å². The molecule has 0 radical (unpaired) electrons. The van der Waals surface area contributed by atoms with E-state index in [1.807, 2.05) is 37.3 Å². The molecule has 1 aromatic heterocycles. The van der Waals surface area contributed by atoms with Gasteiger partial charge in [-0.05, 0) is 35.7 Å². The van der Waals surface area contributed by atoms with E-state index >= 15 is 0 Å². The van der Waals surface area contributed by atoms with Crippen molar-refractivity contribution in [2.75, 3.05) is 5.75 Å². The van der Waals surface area contributed by atoms with Crippen molar-refractivity contribution in [3.05, 3.63) is 89.7 Å². The predicted molar refractivity (Wildman–Crippen MR) is 126 cm³/mol. The summed E-state index contributed by atoms with van der Waals surface area (Å²) in [6, 6.07) is 24.7. The van der Waals surface area contributed by atoms with Crippen LogP contribution < -0.4 is 5.32 Å². The molecule has 1 atom stereocenters. The van der Waals surface area contributed by atoms with Gasteiger partial charge in [-0.2, -0.15) is 0 Å². The lowest BCUT2D eigenvalue weighted by atomic mass is 10.0. The van der Waals surface area contributed by atoms with Gasteiger partial charge in [0, 0.05) is 13.0 Å². The number of nitrogens with zero attached hydrogens (tertiary/aromatic N) is 3. The SMILES string of the molecule is CCn1c(Cc2cccc3ccccc23)nnc1SCC(=O)N[C@H](C)c1ccccc1. The zero-order chi connectivity index (χ0) is 21.6. The molecule has 4 aromatic rings. The molecule has 0 aliphatic heterocycles. The molecule has 0 unspecified atom stereocenters. The van der Waals surface area contributed by atoms with Crippen LogP contribution in [0.5, 0.6) is 0 Å². The van der Waals surface area contributed by atoms with E-state index in [4.69, 9.17) is 0 Å². The molecule has 1 N–H and O–H groups in total. The van der Waals surface area contributed by atoms with Crippen molar-refractivity contribution in [2.24, 2.45) is 0 Å². The number of thioether (sulfide) groups is 1. The predicted octanol–water partition coefficient (Wildman–Crippen LogP) is 5.01. The van der Waals surface area contributed by atoms with Crippen LogP contribution in [-0.2, 0) is 17.8 Å². The van der Waals surface area contributed by atoms with Gasteiger partial charge in [0.15, 0.2) is 5.16 Å². The number of hydrogen-bond donors (Lipinski definition) is 1. The third kappa shape index (κ3) is 4.97. The second-order valence-corrected chi connectivity index (χ2v) is 8.39. The molecule has 1 heterocycles. The molecule has 0 saturated carbocycles. The van der Waals surface area contributed by atoms with Crippen molar-refractivity contribution in [2.45, 2.75) is 38.0 Å². The average molecular weight is 431 g/mol. The fourth-order valence-corrected chi connectivity index (χ4v) is 4.56. The van der Waals surface area contributed by atoms with Gasteiger partial charge in [0.1, 0.15) is 5.82 Å². The number of hydrogen-bond acceptors (Lipinski definition) is 4. The topological polar surface area (TPSA) is 59.8 Å². The molecule has 0 aliphatic rings. The minimum absolute atomic E-state index is 0.0115. The van der Waals surface area contributed by atoms with Gasteiger partial charge >= 0.3 is 0 Å². The summed E-state index contributed by atoms with van der Waals surface area (Å²) in [4.78, 5) is 12.5. The Morgan fingerprint density at radius 2 is 1.74 bits per heavy atom. The van der Waals surface area contributed by atoms with Crippen LogP contribution in [0.2, 0.25) is 0 Å². The first-order chi connectivity index (χ1) is 15.2. The Balaban J connectivity index is 1.43. The molecule has 6 heteroatoms. The van der Waals surface area contributed by atoms with E-state index < -0.39 is 0 Å². The Labute approximate surface area is 186 Å². The molecule has 4 rings (SSSR count). The highest BCUT2D eigenvalue weighted by Crippen LogP contribution is 2.23. The molecule has 0 spiro atoms. The van der Waals surface area contributed by atoms with E-state index in [9.17, 15) is 4.79 Å². The maximum absolute atomic E-state index is 12.5. The van der Waals surface area contributed by atoms with Crippen LogP contribution in [0.1, 0.15) is 36.8 Å². The van der Waals surface area contributed by atoms with E-state index in [2.05, 4.69) is 69.5 Å². The lowest BCUT2D eigenvalue weighted by molar-refractivity contribution is -0.119. The summed E-state index contributed by atoms with van der Waals surface area (Å²) in [5.74, 6) is 1.21. The van der Waals surface area contributed by atoms with Crippen LogP contribution in [0, 0.1) is 0 Å². The summed E-state index contributed by atoms with van der Waals surface area (Å²) in [6.07, 6.45) is 0.708. The molecule has 3 aromatic carbocycles. The molecule has 31 heavy (non-hydrogen) atoms. The van der Waals surface area contributed by atoms with E-state index in [-0.39, 0.29) is 11.9 Å². The molecule has 158 valence electrons. The summed E-state index contributed by atoms with van der Waals surface area (Å²) >= 11 is 1.43. The highest BCUT2D eigenvalue weighted by atomic mass is 32.2. The minimum Gasteiger partial charge on any atom is -0.349 e. The Kier molecular flexibility index (Phi) is 6.67. The van der Waals surface area contributed by atoms with Gasteiger partial charge in [-0.1, -0.05) is 84.6 Å². The number of nitrogens with one attached hydrogen (secondary N) is 1. The van der Waals surface area contributed by atoms with Gasteiger partial charge in [-0.25, -0.2) is 0 Å². The number of amides is 1. The van der Waals surface area contributed by atoms with Gasteiger partial charge in [0.25, 0.3) is 0 Å². The highest BCUT2D eigenvalue weighted by molar-refractivity contribution is 7.99. The smallest absolute Gasteiger partial charge is 0.230 e. The van der Waals surface area contributed by atoms with E-state index in [0.29, 0.717) is 12.2 Å². The molecule has 1 amide bonds. The summed E-state index contributed by atoms with van der Waals surface area (Å²) in [6.45, 7) is 4.84. The third-order valence-corrected chi connectivity index (χ3v) is 6.31. The first-order valence-corrected chi connectivity index (χ1v) is 11.5.